The summed E-state index contributed by atoms with van der Waals surface area (Å²) in [5.41, 5.74) is -1.42. The van der Waals surface area contributed by atoms with Crippen molar-refractivity contribution in [3.05, 3.63) is 63.4 Å². The lowest BCUT2D eigenvalue weighted by Gasteiger charge is -2.26. The molecule has 0 aliphatic heterocycles. The first-order chi connectivity index (χ1) is 12.2. The fourth-order valence-electron chi connectivity index (χ4n) is 2.40. The predicted molar refractivity (Wildman–Crippen MR) is 104 cm³/mol. The summed E-state index contributed by atoms with van der Waals surface area (Å²) in [7, 11) is -3.55. The summed E-state index contributed by atoms with van der Waals surface area (Å²) in [4.78, 5) is 25.0. The average Bonchev–Trinajstić information content (AvgIpc) is 2.56. The van der Waals surface area contributed by atoms with Gasteiger partial charge in [0.15, 0.2) is 0 Å². The maximum atomic E-state index is 12.4. The molecule has 0 spiro atoms. The van der Waals surface area contributed by atoms with E-state index in [1.54, 1.807) is 42.1 Å². The smallest absolute Gasteiger partial charge is 0.291 e. The first kappa shape index (κ1) is 20.5. The van der Waals surface area contributed by atoms with E-state index in [4.69, 9.17) is 0 Å². The molecule has 0 atom stereocenters. The van der Waals surface area contributed by atoms with Gasteiger partial charge in [-0.2, -0.15) is 0 Å². The molecule has 0 saturated carbocycles. The van der Waals surface area contributed by atoms with Crippen LogP contribution in [-0.4, -0.2) is 29.3 Å². The van der Waals surface area contributed by atoms with Gasteiger partial charge in [-0.05, 0) is 44.6 Å². The highest BCUT2D eigenvalue weighted by atomic mass is 32.2. The second kappa shape index (κ2) is 8.70. The van der Waals surface area contributed by atoms with E-state index in [1.165, 1.54) is 16.8 Å². The molecule has 0 aliphatic carbocycles. The van der Waals surface area contributed by atoms with E-state index in [1.807, 2.05) is 13.8 Å². The van der Waals surface area contributed by atoms with Gasteiger partial charge < -0.3 is 0 Å². The summed E-state index contributed by atoms with van der Waals surface area (Å²) in [6.45, 7) is 3.70. The van der Waals surface area contributed by atoms with Crippen molar-refractivity contribution < 1.29 is 8.42 Å². The summed E-state index contributed by atoms with van der Waals surface area (Å²) in [6, 6.07) is 9.60. The predicted octanol–water partition coefficient (Wildman–Crippen LogP) is 1.76. The van der Waals surface area contributed by atoms with Crippen molar-refractivity contribution in [3.8, 4) is 0 Å². The number of rotatable bonds is 9. The highest BCUT2D eigenvalue weighted by Gasteiger charge is 2.25. The zero-order valence-corrected chi connectivity index (χ0v) is 16.4. The third kappa shape index (κ3) is 6.15. The Hall–Kier alpha value is -1.84. The van der Waals surface area contributed by atoms with Gasteiger partial charge >= 0.3 is 5.69 Å². The number of nitrogens with one attached hydrogen (secondary N) is 2. The monoisotopic (exact) mass is 397 g/mol. The number of benzene rings is 1. The van der Waals surface area contributed by atoms with Crippen LogP contribution in [0, 0.1) is 0 Å². The Kier molecular flexibility index (Phi) is 6.85. The molecule has 1 heterocycles. The summed E-state index contributed by atoms with van der Waals surface area (Å²) in [5.74, 6) is 1.20. The fourth-order valence-corrected chi connectivity index (χ4v) is 4.74. The van der Waals surface area contributed by atoms with Gasteiger partial charge in [-0.3, -0.25) is 14.3 Å². The summed E-state index contributed by atoms with van der Waals surface area (Å²) < 4.78 is 29.0. The van der Waals surface area contributed by atoms with E-state index in [0.29, 0.717) is 12.3 Å². The highest BCUT2D eigenvalue weighted by molar-refractivity contribution is 7.98. The van der Waals surface area contributed by atoms with Crippen LogP contribution in [0.15, 0.2) is 57.1 Å². The van der Waals surface area contributed by atoms with Crippen molar-refractivity contribution in [3.63, 3.8) is 0 Å². The van der Waals surface area contributed by atoms with E-state index in [-0.39, 0.29) is 4.90 Å². The molecule has 1 aromatic heterocycles. The number of thioether (sulfide) groups is 1. The van der Waals surface area contributed by atoms with Gasteiger partial charge in [0, 0.05) is 17.8 Å². The third-order valence-electron chi connectivity index (χ3n) is 3.68. The molecule has 2 N–H and O–H groups in total. The van der Waals surface area contributed by atoms with Gasteiger partial charge in [-0.1, -0.05) is 18.2 Å². The number of nitrogens with zero attached hydrogens (tertiary/aromatic N) is 1. The Morgan fingerprint density at radius 2 is 1.85 bits per heavy atom. The lowest BCUT2D eigenvalue weighted by atomic mass is 10.0. The molecule has 0 unspecified atom stereocenters. The quantitative estimate of drug-likeness (QED) is 0.628. The third-order valence-corrected chi connectivity index (χ3v) is 6.43. The second-order valence-corrected chi connectivity index (χ2v) is 9.28. The van der Waals surface area contributed by atoms with Crippen molar-refractivity contribution in [2.45, 2.75) is 43.0 Å². The standard InChI is InChI=1S/C17H23N3O4S2/c1-17(2,19-26(23,24)14-7-4-3-5-8-14)10-6-12-25-13-20-11-9-15(21)18-16(20)22/h3-5,7-9,11,19H,6,10,12-13H2,1-2H3,(H,18,21,22). The maximum Gasteiger partial charge on any atom is 0.329 e. The van der Waals surface area contributed by atoms with Gasteiger partial charge in [-0.15, -0.1) is 11.8 Å². The van der Waals surface area contributed by atoms with E-state index >= 15 is 0 Å². The van der Waals surface area contributed by atoms with Gasteiger partial charge in [0.1, 0.15) is 0 Å². The number of hydrogen-bond acceptors (Lipinski definition) is 5. The van der Waals surface area contributed by atoms with Crippen LogP contribution in [0.4, 0.5) is 0 Å². The van der Waals surface area contributed by atoms with Crippen LogP contribution in [0.25, 0.3) is 0 Å². The summed E-state index contributed by atoms with van der Waals surface area (Å²) in [5, 5.41) is 0. The van der Waals surface area contributed by atoms with Crippen molar-refractivity contribution in [2.24, 2.45) is 0 Å². The normalized spacial score (nSPS) is 12.2. The Balaban J connectivity index is 1.81. The van der Waals surface area contributed by atoms with Crippen LogP contribution in [0.5, 0.6) is 0 Å². The molecule has 7 nitrogen and oxygen atoms in total. The number of H-pyrrole nitrogens is 1. The molecule has 9 heteroatoms. The summed E-state index contributed by atoms with van der Waals surface area (Å²) >= 11 is 1.55. The molecule has 2 rings (SSSR count). The zero-order valence-electron chi connectivity index (χ0n) is 14.8. The van der Waals surface area contributed by atoms with Gasteiger partial charge in [-0.25, -0.2) is 17.9 Å². The molecular formula is C17H23N3O4S2. The van der Waals surface area contributed by atoms with Crippen LogP contribution >= 0.6 is 11.8 Å². The minimum absolute atomic E-state index is 0.250. The Morgan fingerprint density at radius 3 is 2.50 bits per heavy atom. The molecule has 0 radical (unpaired) electrons. The van der Waals surface area contributed by atoms with Crippen molar-refractivity contribution >= 4 is 21.8 Å². The number of sulfonamides is 1. The topological polar surface area (TPSA) is 101 Å². The van der Waals surface area contributed by atoms with Crippen molar-refractivity contribution in [2.75, 3.05) is 5.75 Å². The number of aromatic nitrogens is 2. The van der Waals surface area contributed by atoms with E-state index < -0.39 is 26.8 Å². The van der Waals surface area contributed by atoms with Crippen LogP contribution < -0.4 is 16.0 Å². The first-order valence-electron chi connectivity index (χ1n) is 8.16. The molecule has 0 saturated heterocycles. The highest BCUT2D eigenvalue weighted by Crippen LogP contribution is 2.18. The minimum atomic E-state index is -3.55. The SMILES string of the molecule is CC(C)(CCCSCn1ccc(=O)[nH]c1=O)NS(=O)(=O)c1ccccc1. The fraction of sp³-hybridized carbons (Fsp3) is 0.412. The molecular weight excluding hydrogens is 374 g/mol. The van der Waals surface area contributed by atoms with Crippen LogP contribution in [0.2, 0.25) is 0 Å². The van der Waals surface area contributed by atoms with E-state index in [9.17, 15) is 18.0 Å². The minimum Gasteiger partial charge on any atom is -0.291 e. The van der Waals surface area contributed by atoms with Crippen LogP contribution in [0.1, 0.15) is 26.7 Å². The Morgan fingerprint density at radius 1 is 1.15 bits per heavy atom. The first-order valence-corrected chi connectivity index (χ1v) is 10.8. The molecule has 26 heavy (non-hydrogen) atoms. The lowest BCUT2D eigenvalue weighted by molar-refractivity contribution is 0.419. The molecule has 2 aromatic rings. The maximum absolute atomic E-state index is 12.4. The van der Waals surface area contributed by atoms with Crippen LogP contribution in [0.3, 0.4) is 0 Å². The molecule has 0 aliphatic rings. The molecule has 1 aromatic carbocycles. The van der Waals surface area contributed by atoms with E-state index in [2.05, 4.69) is 9.71 Å². The van der Waals surface area contributed by atoms with Gasteiger partial charge in [0.25, 0.3) is 5.56 Å². The largest absolute Gasteiger partial charge is 0.329 e. The van der Waals surface area contributed by atoms with Gasteiger partial charge in [0.2, 0.25) is 10.0 Å². The van der Waals surface area contributed by atoms with Crippen molar-refractivity contribution in [1.29, 1.82) is 0 Å². The van der Waals surface area contributed by atoms with Gasteiger partial charge in [0.05, 0.1) is 10.8 Å². The molecule has 142 valence electrons. The van der Waals surface area contributed by atoms with Crippen LogP contribution in [-0.2, 0) is 15.9 Å². The second-order valence-electron chi connectivity index (χ2n) is 6.52. The van der Waals surface area contributed by atoms with E-state index in [0.717, 1.165) is 12.2 Å². The molecule has 0 fully saturated rings. The Bertz CT molecular complexity index is 934. The summed E-state index contributed by atoms with van der Waals surface area (Å²) in [6.07, 6.45) is 2.91. The molecule has 0 bridgehead atoms. The lowest BCUT2D eigenvalue weighted by Crippen LogP contribution is -2.43. The average molecular weight is 398 g/mol. The van der Waals surface area contributed by atoms with Crippen molar-refractivity contribution in [1.82, 2.24) is 14.3 Å². The number of aromatic amines is 1. The Labute approximate surface area is 156 Å². The molecule has 0 amide bonds. The zero-order chi connectivity index (χ0) is 19.2. The number of hydrogen-bond donors (Lipinski definition) is 2.